The molecule has 2 aromatic rings. The zero-order valence-electron chi connectivity index (χ0n) is 14.9. The molecule has 2 aliphatic rings. The summed E-state index contributed by atoms with van der Waals surface area (Å²) in [6.45, 7) is 2.29. The van der Waals surface area contributed by atoms with Gasteiger partial charge in [-0.3, -0.25) is 0 Å². The Morgan fingerprint density at radius 2 is 1.84 bits per heavy atom. The molecular formula is C23H26ClF. The van der Waals surface area contributed by atoms with Gasteiger partial charge in [-0.25, -0.2) is 4.39 Å². The molecule has 0 N–H and O–H groups in total. The molecule has 1 saturated carbocycles. The maximum atomic E-state index is 15.3. The minimum Gasteiger partial charge on any atom is -0.206 e. The first-order valence-electron chi connectivity index (χ1n) is 9.74. The molecule has 4 rings (SSSR count). The molecule has 0 saturated heterocycles. The first-order valence-corrected chi connectivity index (χ1v) is 10.1. The number of hydrogen-bond donors (Lipinski definition) is 0. The summed E-state index contributed by atoms with van der Waals surface area (Å²) in [4.78, 5) is 0. The largest absolute Gasteiger partial charge is 0.206 e. The van der Waals surface area contributed by atoms with E-state index >= 15 is 4.39 Å². The number of benzene rings is 2. The van der Waals surface area contributed by atoms with Crippen molar-refractivity contribution in [3.63, 3.8) is 0 Å². The van der Waals surface area contributed by atoms with Crippen LogP contribution in [0.4, 0.5) is 4.39 Å². The predicted molar refractivity (Wildman–Crippen MR) is 104 cm³/mol. The van der Waals surface area contributed by atoms with Gasteiger partial charge in [0.25, 0.3) is 0 Å². The van der Waals surface area contributed by atoms with E-state index in [1.54, 1.807) is 0 Å². The Morgan fingerprint density at radius 3 is 2.60 bits per heavy atom. The first-order chi connectivity index (χ1) is 12.2. The van der Waals surface area contributed by atoms with E-state index in [1.165, 1.54) is 37.7 Å². The van der Waals surface area contributed by atoms with Crippen LogP contribution in [0.15, 0.2) is 36.4 Å². The summed E-state index contributed by atoms with van der Waals surface area (Å²) in [6, 6.07) is 11.7. The van der Waals surface area contributed by atoms with Crippen molar-refractivity contribution < 1.29 is 4.39 Å². The fourth-order valence-corrected chi connectivity index (χ4v) is 5.31. The maximum absolute atomic E-state index is 15.3. The maximum Gasteiger partial charge on any atom is 0.134 e. The summed E-state index contributed by atoms with van der Waals surface area (Å²) < 4.78 is 15.3. The van der Waals surface area contributed by atoms with E-state index in [9.17, 15) is 0 Å². The van der Waals surface area contributed by atoms with Gasteiger partial charge < -0.3 is 0 Å². The molecule has 0 nitrogen and oxygen atoms in total. The van der Waals surface area contributed by atoms with Gasteiger partial charge >= 0.3 is 0 Å². The summed E-state index contributed by atoms with van der Waals surface area (Å²) in [5.41, 5.74) is 3.90. The molecular weight excluding hydrogens is 331 g/mol. The highest BCUT2D eigenvalue weighted by Crippen LogP contribution is 2.49. The molecule has 0 radical (unpaired) electrons. The van der Waals surface area contributed by atoms with Crippen LogP contribution in [0.2, 0.25) is 5.02 Å². The Balaban J connectivity index is 1.64. The Hall–Kier alpha value is -1.34. The average molecular weight is 357 g/mol. The van der Waals surface area contributed by atoms with Gasteiger partial charge in [0, 0.05) is 10.6 Å². The van der Waals surface area contributed by atoms with Crippen LogP contribution < -0.4 is 0 Å². The lowest BCUT2D eigenvalue weighted by Crippen LogP contribution is -2.28. The number of halogens is 2. The molecule has 0 amide bonds. The SMILES string of the molecule is CCC[C@@H]1CC[C@@H]2c3ccc(-c4ccc(Cl)cc4)c(F)c3CC[C@@H]2C1. The van der Waals surface area contributed by atoms with Crippen molar-refractivity contribution >= 4 is 11.6 Å². The van der Waals surface area contributed by atoms with Gasteiger partial charge in [-0.1, -0.05) is 55.6 Å². The van der Waals surface area contributed by atoms with E-state index in [-0.39, 0.29) is 5.82 Å². The van der Waals surface area contributed by atoms with Crippen molar-refractivity contribution in [1.29, 1.82) is 0 Å². The van der Waals surface area contributed by atoms with Gasteiger partial charge in [-0.2, -0.15) is 0 Å². The van der Waals surface area contributed by atoms with E-state index in [1.807, 2.05) is 30.3 Å². The minimum absolute atomic E-state index is 0.00560. The molecule has 0 unspecified atom stereocenters. The van der Waals surface area contributed by atoms with Crippen molar-refractivity contribution in [2.24, 2.45) is 11.8 Å². The number of rotatable bonds is 3. The normalized spacial score (nSPS) is 25.3. The van der Waals surface area contributed by atoms with Crippen LogP contribution in [0.5, 0.6) is 0 Å². The second kappa shape index (κ2) is 7.11. The third-order valence-electron chi connectivity index (χ3n) is 6.39. The van der Waals surface area contributed by atoms with Crippen molar-refractivity contribution in [1.82, 2.24) is 0 Å². The van der Waals surface area contributed by atoms with Gasteiger partial charge in [0.15, 0.2) is 0 Å². The van der Waals surface area contributed by atoms with Gasteiger partial charge in [0.1, 0.15) is 5.82 Å². The molecule has 0 bridgehead atoms. The quantitative estimate of drug-likeness (QED) is 0.537. The molecule has 0 aromatic heterocycles. The Morgan fingerprint density at radius 1 is 1.04 bits per heavy atom. The highest BCUT2D eigenvalue weighted by atomic mass is 35.5. The Labute approximate surface area is 155 Å². The first kappa shape index (κ1) is 17.1. The smallest absolute Gasteiger partial charge is 0.134 e. The van der Waals surface area contributed by atoms with E-state index in [4.69, 9.17) is 11.6 Å². The zero-order chi connectivity index (χ0) is 17.4. The van der Waals surface area contributed by atoms with Crippen LogP contribution in [0.25, 0.3) is 11.1 Å². The molecule has 0 spiro atoms. The van der Waals surface area contributed by atoms with Crippen LogP contribution in [0.1, 0.15) is 62.5 Å². The van der Waals surface area contributed by atoms with Crippen molar-refractivity contribution in [2.45, 2.75) is 57.8 Å². The van der Waals surface area contributed by atoms with Crippen LogP contribution in [-0.2, 0) is 6.42 Å². The summed E-state index contributed by atoms with van der Waals surface area (Å²) in [5.74, 6) is 2.23. The lowest BCUT2D eigenvalue weighted by atomic mass is 9.64. The third kappa shape index (κ3) is 3.24. The van der Waals surface area contributed by atoms with Crippen LogP contribution in [0, 0.1) is 17.7 Å². The second-order valence-corrected chi connectivity index (χ2v) is 8.31. The number of hydrogen-bond acceptors (Lipinski definition) is 0. The summed E-state index contributed by atoms with van der Waals surface area (Å²) in [7, 11) is 0. The summed E-state index contributed by atoms with van der Waals surface area (Å²) in [5, 5.41) is 0.689. The number of fused-ring (bicyclic) bond motifs is 3. The summed E-state index contributed by atoms with van der Waals surface area (Å²) >= 11 is 5.97. The molecule has 3 atom stereocenters. The van der Waals surface area contributed by atoms with Gasteiger partial charge in [0.05, 0.1) is 0 Å². The van der Waals surface area contributed by atoms with Crippen molar-refractivity contribution in [3.05, 3.63) is 58.4 Å². The van der Waals surface area contributed by atoms with Gasteiger partial charge in [-0.05, 0) is 78.7 Å². The van der Waals surface area contributed by atoms with Crippen LogP contribution >= 0.6 is 11.6 Å². The fourth-order valence-electron chi connectivity index (χ4n) is 5.18. The molecule has 2 aliphatic carbocycles. The van der Waals surface area contributed by atoms with Crippen LogP contribution in [0.3, 0.4) is 0 Å². The average Bonchev–Trinajstić information content (AvgIpc) is 2.63. The fraction of sp³-hybridized carbons (Fsp3) is 0.478. The van der Waals surface area contributed by atoms with E-state index in [0.717, 1.165) is 35.8 Å². The van der Waals surface area contributed by atoms with E-state index < -0.39 is 0 Å². The second-order valence-electron chi connectivity index (χ2n) is 7.87. The van der Waals surface area contributed by atoms with Crippen molar-refractivity contribution in [2.75, 3.05) is 0 Å². The van der Waals surface area contributed by atoms with E-state index in [2.05, 4.69) is 13.0 Å². The molecule has 2 heteroatoms. The molecule has 1 fully saturated rings. The van der Waals surface area contributed by atoms with Crippen LogP contribution in [-0.4, -0.2) is 0 Å². The standard InChI is InChI=1S/C23H26ClF/c1-2-3-15-4-10-19-17(14-15)7-11-22-21(19)13-12-20(23(22)25)16-5-8-18(24)9-6-16/h5-6,8-9,12-13,15,17,19H,2-4,7,10-11,14H2,1H3/t15-,17-,19+/m1/s1. The topological polar surface area (TPSA) is 0 Å². The van der Waals surface area contributed by atoms with Gasteiger partial charge in [-0.15, -0.1) is 0 Å². The Kier molecular flexibility index (Phi) is 4.86. The van der Waals surface area contributed by atoms with Gasteiger partial charge in [0.2, 0.25) is 0 Å². The third-order valence-corrected chi connectivity index (χ3v) is 6.64. The van der Waals surface area contributed by atoms with Crippen molar-refractivity contribution in [3.8, 4) is 11.1 Å². The minimum atomic E-state index is -0.00560. The lowest BCUT2D eigenvalue weighted by Gasteiger charge is -2.41. The Bertz CT molecular complexity index is 749. The highest BCUT2D eigenvalue weighted by Gasteiger charge is 2.36. The molecule has 0 heterocycles. The molecule has 132 valence electrons. The molecule has 0 aliphatic heterocycles. The lowest BCUT2D eigenvalue weighted by molar-refractivity contribution is 0.200. The zero-order valence-corrected chi connectivity index (χ0v) is 15.7. The molecule has 2 aromatic carbocycles. The van der Waals surface area contributed by atoms with E-state index in [0.29, 0.717) is 16.5 Å². The highest BCUT2D eigenvalue weighted by molar-refractivity contribution is 6.30. The monoisotopic (exact) mass is 356 g/mol. The summed E-state index contributed by atoms with van der Waals surface area (Å²) in [6.07, 6.45) is 8.59. The molecule has 25 heavy (non-hydrogen) atoms. The predicted octanol–water partition coefficient (Wildman–Crippen LogP) is 7.39.